The molecule has 114 valence electrons. The Hall–Kier alpha value is -1.88. The average Bonchev–Trinajstić information content (AvgIpc) is 2.67. The lowest BCUT2D eigenvalue weighted by atomic mass is 10.0. The molecule has 2 rings (SSSR count). The Morgan fingerprint density at radius 3 is 2.81 bits per heavy atom. The van der Waals surface area contributed by atoms with Crippen molar-refractivity contribution in [3.8, 4) is 0 Å². The molecular weight excluding hydrogens is 266 g/mol. The summed E-state index contributed by atoms with van der Waals surface area (Å²) < 4.78 is 0. The van der Waals surface area contributed by atoms with Gasteiger partial charge in [0.05, 0.1) is 12.5 Å². The SMILES string of the molecule is CC(N)CCC(=O)N1CCNC(=O)CC1c1ccccc1. The summed E-state index contributed by atoms with van der Waals surface area (Å²) in [5, 5.41) is 2.84. The van der Waals surface area contributed by atoms with Crippen molar-refractivity contribution in [2.75, 3.05) is 13.1 Å². The van der Waals surface area contributed by atoms with Gasteiger partial charge in [0.15, 0.2) is 0 Å². The number of hydrogen-bond acceptors (Lipinski definition) is 3. The van der Waals surface area contributed by atoms with E-state index in [0.29, 0.717) is 32.4 Å². The summed E-state index contributed by atoms with van der Waals surface area (Å²) in [5.74, 6) is 0.0593. The second-order valence-electron chi connectivity index (χ2n) is 5.58. The van der Waals surface area contributed by atoms with Gasteiger partial charge in [-0.25, -0.2) is 0 Å². The minimum atomic E-state index is -0.186. The van der Waals surface area contributed by atoms with Crippen molar-refractivity contribution in [3.63, 3.8) is 0 Å². The molecule has 3 N–H and O–H groups in total. The van der Waals surface area contributed by atoms with E-state index in [1.165, 1.54) is 0 Å². The van der Waals surface area contributed by atoms with E-state index < -0.39 is 0 Å². The molecule has 0 aliphatic carbocycles. The predicted octanol–water partition coefficient (Wildman–Crippen LogP) is 1.20. The monoisotopic (exact) mass is 289 g/mol. The van der Waals surface area contributed by atoms with Gasteiger partial charge >= 0.3 is 0 Å². The van der Waals surface area contributed by atoms with Crippen LogP contribution in [0.25, 0.3) is 0 Å². The molecule has 1 heterocycles. The Kier molecular flexibility index (Phi) is 5.33. The van der Waals surface area contributed by atoms with E-state index in [2.05, 4.69) is 5.32 Å². The van der Waals surface area contributed by atoms with Crippen LogP contribution < -0.4 is 11.1 Å². The van der Waals surface area contributed by atoms with Gasteiger partial charge in [-0.15, -0.1) is 0 Å². The number of nitrogens with two attached hydrogens (primary N) is 1. The van der Waals surface area contributed by atoms with Gasteiger partial charge < -0.3 is 16.0 Å². The number of nitrogens with one attached hydrogen (secondary N) is 1. The van der Waals surface area contributed by atoms with Crippen LogP contribution in [-0.2, 0) is 9.59 Å². The Morgan fingerprint density at radius 2 is 2.14 bits per heavy atom. The van der Waals surface area contributed by atoms with Gasteiger partial charge in [-0.2, -0.15) is 0 Å². The summed E-state index contributed by atoms with van der Waals surface area (Å²) in [6.07, 6.45) is 1.40. The Bertz CT molecular complexity index is 488. The maximum Gasteiger partial charge on any atom is 0.223 e. The van der Waals surface area contributed by atoms with E-state index in [9.17, 15) is 9.59 Å². The number of carbonyl (C=O) groups excluding carboxylic acids is 2. The standard InChI is InChI=1S/C16H23N3O2/c1-12(17)7-8-16(21)19-10-9-18-15(20)11-14(19)13-5-3-2-4-6-13/h2-6,12,14H,7-11,17H2,1H3,(H,18,20). The van der Waals surface area contributed by atoms with Crippen LogP contribution in [0.3, 0.4) is 0 Å². The largest absolute Gasteiger partial charge is 0.354 e. The summed E-state index contributed by atoms with van der Waals surface area (Å²) in [5.41, 5.74) is 6.74. The minimum absolute atomic E-state index is 0.00801. The summed E-state index contributed by atoms with van der Waals surface area (Å²) in [4.78, 5) is 26.1. The molecule has 1 saturated heterocycles. The third kappa shape index (κ3) is 4.29. The molecule has 0 aromatic heterocycles. The van der Waals surface area contributed by atoms with Crippen LogP contribution in [0.15, 0.2) is 30.3 Å². The van der Waals surface area contributed by atoms with Crippen LogP contribution in [0.5, 0.6) is 0 Å². The molecule has 2 unspecified atom stereocenters. The summed E-state index contributed by atoms with van der Waals surface area (Å²) in [7, 11) is 0. The molecule has 1 aromatic carbocycles. The van der Waals surface area contributed by atoms with Crippen LogP contribution in [0.1, 0.15) is 37.8 Å². The first kappa shape index (κ1) is 15.5. The van der Waals surface area contributed by atoms with E-state index in [1.54, 1.807) is 0 Å². The second kappa shape index (κ2) is 7.22. The second-order valence-corrected chi connectivity index (χ2v) is 5.58. The zero-order valence-electron chi connectivity index (χ0n) is 12.4. The van der Waals surface area contributed by atoms with Gasteiger partial charge in [-0.1, -0.05) is 30.3 Å². The predicted molar refractivity (Wildman–Crippen MR) is 81.4 cm³/mol. The third-order valence-corrected chi connectivity index (χ3v) is 3.75. The maximum absolute atomic E-state index is 12.5. The quantitative estimate of drug-likeness (QED) is 0.874. The van der Waals surface area contributed by atoms with Gasteiger partial charge in [-0.3, -0.25) is 9.59 Å². The number of rotatable bonds is 4. The van der Waals surface area contributed by atoms with Crippen LogP contribution in [0, 0.1) is 0 Å². The number of carbonyl (C=O) groups is 2. The van der Waals surface area contributed by atoms with Crippen molar-refractivity contribution >= 4 is 11.8 Å². The van der Waals surface area contributed by atoms with Crippen molar-refractivity contribution in [2.45, 2.75) is 38.3 Å². The van der Waals surface area contributed by atoms with Gasteiger partial charge in [0, 0.05) is 25.6 Å². The minimum Gasteiger partial charge on any atom is -0.354 e. The number of amides is 2. The highest BCUT2D eigenvalue weighted by atomic mass is 16.2. The van der Waals surface area contributed by atoms with Crippen LogP contribution >= 0.6 is 0 Å². The van der Waals surface area contributed by atoms with Crippen molar-refractivity contribution in [1.82, 2.24) is 10.2 Å². The molecule has 0 radical (unpaired) electrons. The van der Waals surface area contributed by atoms with Crippen molar-refractivity contribution in [1.29, 1.82) is 0 Å². The number of hydrogen-bond donors (Lipinski definition) is 2. The molecule has 1 aliphatic heterocycles. The van der Waals surface area contributed by atoms with Crippen molar-refractivity contribution < 1.29 is 9.59 Å². The highest BCUT2D eigenvalue weighted by molar-refractivity contribution is 5.81. The molecular formula is C16H23N3O2. The fourth-order valence-electron chi connectivity index (χ4n) is 2.60. The normalized spacial score (nSPS) is 20.6. The lowest BCUT2D eigenvalue weighted by Crippen LogP contribution is -2.37. The summed E-state index contributed by atoms with van der Waals surface area (Å²) in [6.45, 7) is 2.95. The first-order chi connectivity index (χ1) is 10.1. The fraction of sp³-hybridized carbons (Fsp3) is 0.500. The van der Waals surface area contributed by atoms with Crippen LogP contribution in [-0.4, -0.2) is 35.8 Å². The third-order valence-electron chi connectivity index (χ3n) is 3.75. The van der Waals surface area contributed by atoms with Crippen LogP contribution in [0.4, 0.5) is 0 Å². The van der Waals surface area contributed by atoms with Crippen molar-refractivity contribution in [2.24, 2.45) is 5.73 Å². The van der Waals surface area contributed by atoms with Gasteiger partial charge in [-0.05, 0) is 18.9 Å². The average molecular weight is 289 g/mol. The lowest BCUT2D eigenvalue weighted by Gasteiger charge is -2.30. The van der Waals surface area contributed by atoms with E-state index in [4.69, 9.17) is 5.73 Å². The Morgan fingerprint density at radius 1 is 1.43 bits per heavy atom. The van der Waals surface area contributed by atoms with E-state index in [-0.39, 0.29) is 23.9 Å². The molecule has 5 nitrogen and oxygen atoms in total. The lowest BCUT2D eigenvalue weighted by molar-refractivity contribution is -0.134. The molecule has 0 bridgehead atoms. The van der Waals surface area contributed by atoms with E-state index in [1.807, 2.05) is 42.2 Å². The smallest absolute Gasteiger partial charge is 0.223 e. The Labute approximate surface area is 125 Å². The molecule has 5 heteroatoms. The highest BCUT2D eigenvalue weighted by Crippen LogP contribution is 2.26. The fourth-order valence-corrected chi connectivity index (χ4v) is 2.60. The molecule has 21 heavy (non-hydrogen) atoms. The molecule has 2 amide bonds. The maximum atomic E-state index is 12.5. The Balaban J connectivity index is 2.18. The van der Waals surface area contributed by atoms with E-state index in [0.717, 1.165) is 5.56 Å². The first-order valence-electron chi connectivity index (χ1n) is 7.44. The molecule has 1 aliphatic rings. The first-order valence-corrected chi connectivity index (χ1v) is 7.44. The summed E-state index contributed by atoms with van der Waals surface area (Å²) >= 11 is 0. The number of benzene rings is 1. The molecule has 0 saturated carbocycles. The number of nitrogens with zero attached hydrogens (tertiary/aromatic N) is 1. The highest BCUT2D eigenvalue weighted by Gasteiger charge is 2.29. The molecule has 2 atom stereocenters. The van der Waals surface area contributed by atoms with Crippen LogP contribution in [0.2, 0.25) is 0 Å². The summed E-state index contributed by atoms with van der Waals surface area (Å²) in [6, 6.07) is 9.56. The van der Waals surface area contributed by atoms with E-state index >= 15 is 0 Å². The zero-order valence-corrected chi connectivity index (χ0v) is 12.4. The molecule has 1 fully saturated rings. The topological polar surface area (TPSA) is 75.4 Å². The van der Waals surface area contributed by atoms with Crippen molar-refractivity contribution in [3.05, 3.63) is 35.9 Å². The van der Waals surface area contributed by atoms with Gasteiger partial charge in [0.2, 0.25) is 11.8 Å². The zero-order chi connectivity index (χ0) is 15.2. The molecule has 1 aromatic rings. The van der Waals surface area contributed by atoms with Gasteiger partial charge in [0.1, 0.15) is 0 Å². The molecule has 0 spiro atoms. The van der Waals surface area contributed by atoms with Gasteiger partial charge in [0.25, 0.3) is 0 Å².